The lowest BCUT2D eigenvalue weighted by Gasteiger charge is -2.08. The van der Waals surface area contributed by atoms with Crippen molar-refractivity contribution in [3.8, 4) is 5.69 Å². The maximum absolute atomic E-state index is 13.9. The summed E-state index contributed by atoms with van der Waals surface area (Å²) >= 11 is 0. The van der Waals surface area contributed by atoms with E-state index < -0.39 is 0 Å². The lowest BCUT2D eigenvalue weighted by molar-refractivity contribution is 0.611. The molecule has 0 bridgehead atoms. The minimum atomic E-state index is -0.305. The van der Waals surface area contributed by atoms with Crippen LogP contribution in [-0.2, 0) is 0 Å². The molecule has 0 aliphatic rings. The molecule has 0 aliphatic heterocycles. The van der Waals surface area contributed by atoms with E-state index in [0.29, 0.717) is 5.69 Å². The van der Waals surface area contributed by atoms with Crippen LogP contribution in [0.15, 0.2) is 30.9 Å². The van der Waals surface area contributed by atoms with Gasteiger partial charge in [0.25, 0.3) is 0 Å². The Bertz CT molecular complexity index is 482. The summed E-state index contributed by atoms with van der Waals surface area (Å²) in [4.78, 5) is 3.80. The summed E-state index contributed by atoms with van der Waals surface area (Å²) in [6.07, 6.45) is 6.33. The molecule has 0 aliphatic carbocycles. The average Bonchev–Trinajstić information content (AvgIpc) is 2.88. The summed E-state index contributed by atoms with van der Waals surface area (Å²) in [5.41, 5.74) is 1.21. The van der Waals surface area contributed by atoms with Gasteiger partial charge < -0.3 is 5.32 Å². The Kier molecular flexibility index (Phi) is 4.28. The van der Waals surface area contributed by atoms with Gasteiger partial charge in [-0.05, 0) is 24.6 Å². The summed E-state index contributed by atoms with van der Waals surface area (Å²) in [5, 5.41) is 7.12. The number of anilines is 1. The summed E-state index contributed by atoms with van der Waals surface area (Å²) in [5.74, 6) is -0.305. The quantitative estimate of drug-likeness (QED) is 0.799. The van der Waals surface area contributed by atoms with E-state index in [1.807, 2.05) is 6.07 Å². The maximum atomic E-state index is 13.9. The van der Waals surface area contributed by atoms with Crippen molar-refractivity contribution in [1.29, 1.82) is 0 Å². The summed E-state index contributed by atoms with van der Waals surface area (Å²) in [6.45, 7) is 3.03. The number of halogens is 1. The predicted molar refractivity (Wildman–Crippen MR) is 69.3 cm³/mol. The van der Waals surface area contributed by atoms with Gasteiger partial charge in [-0.15, -0.1) is 0 Å². The number of nitrogens with one attached hydrogen (secondary N) is 1. The van der Waals surface area contributed by atoms with Gasteiger partial charge in [-0.2, -0.15) is 5.10 Å². The number of benzene rings is 1. The average molecular weight is 248 g/mol. The fourth-order valence-corrected chi connectivity index (χ4v) is 1.74. The summed E-state index contributed by atoms with van der Waals surface area (Å²) < 4.78 is 15.3. The molecule has 0 spiro atoms. The zero-order chi connectivity index (χ0) is 12.8. The Hall–Kier alpha value is -1.91. The molecule has 0 saturated carbocycles. The Balaban J connectivity index is 2.01. The van der Waals surface area contributed by atoms with Crippen molar-refractivity contribution in [3.05, 3.63) is 36.7 Å². The molecule has 1 aromatic carbocycles. The van der Waals surface area contributed by atoms with Gasteiger partial charge in [0.05, 0.1) is 0 Å². The molecule has 0 fully saturated rings. The zero-order valence-electron chi connectivity index (χ0n) is 10.4. The monoisotopic (exact) mass is 248 g/mol. The Morgan fingerprint density at radius 3 is 2.89 bits per heavy atom. The molecular weight excluding hydrogens is 231 g/mol. The van der Waals surface area contributed by atoms with Crippen molar-refractivity contribution in [2.75, 3.05) is 11.9 Å². The number of rotatable bonds is 6. The van der Waals surface area contributed by atoms with E-state index in [1.165, 1.54) is 36.2 Å². The van der Waals surface area contributed by atoms with Gasteiger partial charge in [0.15, 0.2) is 5.82 Å². The van der Waals surface area contributed by atoms with E-state index in [-0.39, 0.29) is 5.82 Å². The van der Waals surface area contributed by atoms with E-state index in [0.717, 1.165) is 18.7 Å². The van der Waals surface area contributed by atoms with Gasteiger partial charge >= 0.3 is 0 Å². The molecule has 1 aromatic heterocycles. The van der Waals surface area contributed by atoms with Crippen LogP contribution in [0.5, 0.6) is 0 Å². The van der Waals surface area contributed by atoms with E-state index in [4.69, 9.17) is 0 Å². The van der Waals surface area contributed by atoms with Crippen LogP contribution in [-0.4, -0.2) is 21.3 Å². The third-order valence-electron chi connectivity index (χ3n) is 2.72. The minimum absolute atomic E-state index is 0.305. The molecule has 4 nitrogen and oxygen atoms in total. The molecule has 0 unspecified atom stereocenters. The smallest absolute Gasteiger partial charge is 0.150 e. The first-order chi connectivity index (χ1) is 8.81. The second-order valence-corrected chi connectivity index (χ2v) is 4.14. The van der Waals surface area contributed by atoms with E-state index in [9.17, 15) is 4.39 Å². The zero-order valence-corrected chi connectivity index (χ0v) is 10.4. The number of nitrogens with zero attached hydrogens (tertiary/aromatic N) is 3. The molecule has 2 aromatic rings. The topological polar surface area (TPSA) is 42.7 Å². The van der Waals surface area contributed by atoms with Gasteiger partial charge in [0, 0.05) is 12.2 Å². The van der Waals surface area contributed by atoms with Crippen LogP contribution in [0.1, 0.15) is 26.2 Å². The molecule has 0 radical (unpaired) electrons. The molecule has 2 rings (SSSR count). The van der Waals surface area contributed by atoms with Crippen molar-refractivity contribution in [2.45, 2.75) is 26.2 Å². The van der Waals surface area contributed by atoms with Gasteiger partial charge in [0.2, 0.25) is 0 Å². The largest absolute Gasteiger partial charge is 0.385 e. The minimum Gasteiger partial charge on any atom is -0.385 e. The number of hydrogen-bond donors (Lipinski definition) is 1. The molecule has 1 N–H and O–H groups in total. The molecule has 0 atom stereocenters. The van der Waals surface area contributed by atoms with Crippen molar-refractivity contribution in [1.82, 2.24) is 14.8 Å². The fraction of sp³-hybridized carbons (Fsp3) is 0.385. The van der Waals surface area contributed by atoms with E-state index >= 15 is 0 Å². The molecule has 18 heavy (non-hydrogen) atoms. The predicted octanol–water partition coefficient (Wildman–Crippen LogP) is 3.01. The molecule has 0 amide bonds. The van der Waals surface area contributed by atoms with E-state index in [2.05, 4.69) is 22.3 Å². The van der Waals surface area contributed by atoms with Crippen LogP contribution >= 0.6 is 0 Å². The van der Waals surface area contributed by atoms with Crippen molar-refractivity contribution >= 4 is 5.69 Å². The fourth-order valence-electron chi connectivity index (χ4n) is 1.74. The van der Waals surface area contributed by atoms with Crippen molar-refractivity contribution in [3.63, 3.8) is 0 Å². The van der Waals surface area contributed by atoms with Gasteiger partial charge in [0.1, 0.15) is 18.3 Å². The summed E-state index contributed by atoms with van der Waals surface area (Å²) in [7, 11) is 0. The van der Waals surface area contributed by atoms with Crippen LogP contribution in [0.3, 0.4) is 0 Å². The second kappa shape index (κ2) is 6.14. The van der Waals surface area contributed by atoms with Crippen molar-refractivity contribution < 1.29 is 4.39 Å². The number of unbranched alkanes of at least 4 members (excludes halogenated alkanes) is 2. The van der Waals surface area contributed by atoms with Gasteiger partial charge in [-0.3, -0.25) is 0 Å². The van der Waals surface area contributed by atoms with Crippen LogP contribution < -0.4 is 5.32 Å². The highest BCUT2D eigenvalue weighted by Crippen LogP contribution is 2.17. The van der Waals surface area contributed by atoms with Gasteiger partial charge in [-0.25, -0.2) is 14.1 Å². The lowest BCUT2D eigenvalue weighted by Crippen LogP contribution is -2.03. The summed E-state index contributed by atoms with van der Waals surface area (Å²) in [6, 6.07) is 5.04. The Morgan fingerprint density at radius 1 is 1.33 bits per heavy atom. The Morgan fingerprint density at radius 2 is 2.22 bits per heavy atom. The first-order valence-electron chi connectivity index (χ1n) is 6.19. The normalized spacial score (nSPS) is 10.6. The third kappa shape index (κ3) is 3.06. The highest BCUT2D eigenvalue weighted by molar-refractivity contribution is 5.49. The maximum Gasteiger partial charge on any atom is 0.150 e. The van der Waals surface area contributed by atoms with Crippen molar-refractivity contribution in [2.24, 2.45) is 0 Å². The number of hydrogen-bond acceptors (Lipinski definition) is 3. The highest BCUT2D eigenvalue weighted by atomic mass is 19.1. The Labute approximate surface area is 106 Å². The van der Waals surface area contributed by atoms with Crippen LogP contribution in [0, 0.1) is 5.82 Å². The lowest BCUT2D eigenvalue weighted by atomic mass is 10.2. The first-order valence-corrected chi connectivity index (χ1v) is 6.19. The molecule has 5 heteroatoms. The van der Waals surface area contributed by atoms with Gasteiger partial charge in [-0.1, -0.05) is 19.8 Å². The standard InChI is InChI=1S/C13H17FN4/c1-2-3-4-7-16-11-5-6-13(12(14)8-11)18-10-15-9-17-18/h5-6,8-10,16H,2-4,7H2,1H3. The first kappa shape index (κ1) is 12.5. The number of aromatic nitrogens is 3. The van der Waals surface area contributed by atoms with Crippen LogP contribution in [0.25, 0.3) is 5.69 Å². The van der Waals surface area contributed by atoms with E-state index in [1.54, 1.807) is 6.07 Å². The third-order valence-corrected chi connectivity index (χ3v) is 2.72. The SMILES string of the molecule is CCCCCNc1ccc(-n2cncn2)c(F)c1. The molecule has 1 heterocycles. The highest BCUT2D eigenvalue weighted by Gasteiger charge is 2.05. The second-order valence-electron chi connectivity index (χ2n) is 4.14. The molecular formula is C13H17FN4. The molecule has 0 saturated heterocycles. The van der Waals surface area contributed by atoms with Crippen LogP contribution in [0.2, 0.25) is 0 Å². The molecule has 96 valence electrons. The van der Waals surface area contributed by atoms with Crippen LogP contribution in [0.4, 0.5) is 10.1 Å².